The lowest BCUT2D eigenvalue weighted by molar-refractivity contribution is 0.306. The van der Waals surface area contributed by atoms with Crippen LogP contribution in [0.5, 0.6) is 5.75 Å². The van der Waals surface area contributed by atoms with E-state index >= 15 is 0 Å². The largest absolute Gasteiger partial charge is 0.493 e. The Balaban J connectivity index is 2.16. The number of aryl methyl sites for hydroxylation is 1. The summed E-state index contributed by atoms with van der Waals surface area (Å²) in [4.78, 5) is 0. The zero-order chi connectivity index (χ0) is 14.4. The van der Waals surface area contributed by atoms with Crippen molar-refractivity contribution in [3.63, 3.8) is 0 Å². The molecule has 1 fully saturated rings. The van der Waals surface area contributed by atoms with Crippen molar-refractivity contribution in [3.05, 3.63) is 11.9 Å². The molecule has 1 atom stereocenters. The first-order valence-corrected chi connectivity index (χ1v) is 8.13. The molecule has 0 spiro atoms. The van der Waals surface area contributed by atoms with Crippen LogP contribution in [0.4, 0.5) is 0 Å². The summed E-state index contributed by atoms with van der Waals surface area (Å²) in [6, 6.07) is 0.0529. The van der Waals surface area contributed by atoms with Crippen molar-refractivity contribution >= 4 is 0 Å². The number of nitrogens with zero attached hydrogens (tertiary/aromatic N) is 2. The number of aromatic nitrogens is 2. The van der Waals surface area contributed by atoms with Gasteiger partial charge in [0.2, 0.25) is 0 Å². The Labute approximate surface area is 122 Å². The molecule has 1 heterocycles. The molecule has 1 aliphatic carbocycles. The van der Waals surface area contributed by atoms with E-state index in [1.807, 2.05) is 10.9 Å². The van der Waals surface area contributed by atoms with Crippen LogP contribution in [0.15, 0.2) is 6.20 Å². The van der Waals surface area contributed by atoms with Crippen molar-refractivity contribution in [2.75, 3.05) is 7.11 Å². The van der Waals surface area contributed by atoms with Crippen LogP contribution in [0.3, 0.4) is 0 Å². The van der Waals surface area contributed by atoms with Gasteiger partial charge in [0.05, 0.1) is 25.0 Å². The van der Waals surface area contributed by atoms with Crippen LogP contribution in [-0.4, -0.2) is 16.9 Å². The highest BCUT2D eigenvalue weighted by atomic mass is 16.5. The van der Waals surface area contributed by atoms with Gasteiger partial charge < -0.3 is 10.5 Å². The lowest BCUT2D eigenvalue weighted by Crippen LogP contribution is -2.26. The minimum Gasteiger partial charge on any atom is -0.493 e. The summed E-state index contributed by atoms with van der Waals surface area (Å²) in [5.74, 6) is 1.42. The van der Waals surface area contributed by atoms with Crippen LogP contribution in [-0.2, 0) is 6.54 Å². The molecular formula is C16H29N3O. The Hall–Kier alpha value is -1.03. The fourth-order valence-corrected chi connectivity index (χ4v) is 3.33. The van der Waals surface area contributed by atoms with Gasteiger partial charge in [-0.1, -0.05) is 39.0 Å². The second-order valence-corrected chi connectivity index (χ2v) is 5.95. The van der Waals surface area contributed by atoms with Gasteiger partial charge in [0, 0.05) is 6.54 Å². The SMILES string of the molecule is CCCn1ncc(OC)c1C(N)C1CCCCCCC1. The van der Waals surface area contributed by atoms with Crippen LogP contribution >= 0.6 is 0 Å². The van der Waals surface area contributed by atoms with Crippen molar-refractivity contribution in [1.29, 1.82) is 0 Å². The number of rotatable bonds is 5. The fraction of sp³-hybridized carbons (Fsp3) is 0.812. The van der Waals surface area contributed by atoms with Crippen LogP contribution in [0.1, 0.15) is 70.0 Å². The van der Waals surface area contributed by atoms with Crippen LogP contribution < -0.4 is 10.5 Å². The van der Waals surface area contributed by atoms with Gasteiger partial charge in [-0.15, -0.1) is 0 Å². The normalized spacial score (nSPS) is 19.4. The molecule has 0 bridgehead atoms. The molecule has 1 unspecified atom stereocenters. The van der Waals surface area contributed by atoms with Gasteiger partial charge in [0.1, 0.15) is 0 Å². The highest BCUT2D eigenvalue weighted by Gasteiger charge is 2.26. The first-order valence-electron chi connectivity index (χ1n) is 8.13. The van der Waals surface area contributed by atoms with Crippen LogP contribution in [0.25, 0.3) is 0 Å². The molecule has 1 aromatic heterocycles. The molecule has 0 saturated heterocycles. The van der Waals surface area contributed by atoms with E-state index in [-0.39, 0.29) is 6.04 Å². The Bertz CT molecular complexity index is 394. The van der Waals surface area contributed by atoms with E-state index < -0.39 is 0 Å². The van der Waals surface area contributed by atoms with Crippen LogP contribution in [0, 0.1) is 5.92 Å². The Morgan fingerprint density at radius 1 is 1.30 bits per heavy atom. The van der Waals surface area contributed by atoms with Gasteiger partial charge in [0.15, 0.2) is 5.75 Å². The van der Waals surface area contributed by atoms with Crippen LogP contribution in [0.2, 0.25) is 0 Å². The Kier molecular flexibility index (Phi) is 5.89. The molecule has 0 radical (unpaired) electrons. The number of ether oxygens (including phenoxy) is 1. The van der Waals surface area contributed by atoms with E-state index in [2.05, 4.69) is 12.0 Å². The van der Waals surface area contributed by atoms with Crippen molar-refractivity contribution in [3.8, 4) is 5.75 Å². The average molecular weight is 279 g/mol. The summed E-state index contributed by atoms with van der Waals surface area (Å²) in [6.45, 7) is 3.08. The highest BCUT2D eigenvalue weighted by molar-refractivity contribution is 5.28. The summed E-state index contributed by atoms with van der Waals surface area (Å²) in [6.07, 6.45) is 12.1. The predicted molar refractivity (Wildman–Crippen MR) is 81.8 cm³/mol. The molecule has 2 rings (SSSR count). The average Bonchev–Trinajstić information content (AvgIpc) is 2.81. The molecule has 0 amide bonds. The van der Waals surface area contributed by atoms with Crippen molar-refractivity contribution in [1.82, 2.24) is 9.78 Å². The van der Waals surface area contributed by atoms with E-state index in [9.17, 15) is 0 Å². The Morgan fingerprint density at radius 2 is 1.95 bits per heavy atom. The van der Waals surface area contributed by atoms with E-state index in [4.69, 9.17) is 10.5 Å². The van der Waals surface area contributed by atoms with Crippen molar-refractivity contribution in [2.45, 2.75) is 70.9 Å². The highest BCUT2D eigenvalue weighted by Crippen LogP contribution is 2.35. The maximum atomic E-state index is 6.60. The monoisotopic (exact) mass is 279 g/mol. The molecule has 4 heteroatoms. The first kappa shape index (κ1) is 15.4. The zero-order valence-electron chi connectivity index (χ0n) is 13.0. The molecule has 20 heavy (non-hydrogen) atoms. The molecular weight excluding hydrogens is 250 g/mol. The van der Waals surface area contributed by atoms with Gasteiger partial charge in [0.25, 0.3) is 0 Å². The van der Waals surface area contributed by atoms with E-state index in [1.54, 1.807) is 7.11 Å². The first-order chi connectivity index (χ1) is 9.77. The zero-order valence-corrected chi connectivity index (χ0v) is 13.0. The third kappa shape index (κ3) is 3.54. The summed E-state index contributed by atoms with van der Waals surface area (Å²) in [5, 5.41) is 4.45. The number of hydrogen-bond acceptors (Lipinski definition) is 3. The molecule has 1 aromatic rings. The summed E-state index contributed by atoms with van der Waals surface area (Å²) < 4.78 is 7.52. The smallest absolute Gasteiger partial charge is 0.161 e. The third-order valence-electron chi connectivity index (χ3n) is 4.47. The second-order valence-electron chi connectivity index (χ2n) is 5.95. The molecule has 4 nitrogen and oxygen atoms in total. The molecule has 2 N–H and O–H groups in total. The van der Waals surface area contributed by atoms with Gasteiger partial charge in [-0.25, -0.2) is 0 Å². The third-order valence-corrected chi connectivity index (χ3v) is 4.47. The molecule has 114 valence electrons. The molecule has 0 aliphatic heterocycles. The minimum absolute atomic E-state index is 0.0529. The van der Waals surface area contributed by atoms with Gasteiger partial charge in [-0.3, -0.25) is 4.68 Å². The predicted octanol–water partition coefficient (Wildman–Crippen LogP) is 3.66. The second kappa shape index (κ2) is 7.67. The maximum absolute atomic E-state index is 6.60. The van der Waals surface area contributed by atoms with Gasteiger partial charge in [-0.05, 0) is 25.2 Å². The lowest BCUT2D eigenvalue weighted by Gasteiger charge is -2.27. The van der Waals surface area contributed by atoms with E-state index in [0.29, 0.717) is 5.92 Å². The number of hydrogen-bond donors (Lipinski definition) is 1. The Morgan fingerprint density at radius 3 is 2.55 bits per heavy atom. The molecule has 1 saturated carbocycles. The van der Waals surface area contributed by atoms with Gasteiger partial charge >= 0.3 is 0 Å². The number of methoxy groups -OCH3 is 1. The standard InChI is InChI=1S/C16H29N3O/c1-3-11-19-16(14(20-2)12-18-19)15(17)13-9-7-5-4-6-8-10-13/h12-13,15H,3-11,17H2,1-2H3. The summed E-state index contributed by atoms with van der Waals surface area (Å²) in [5.41, 5.74) is 7.70. The fourth-order valence-electron chi connectivity index (χ4n) is 3.33. The number of nitrogens with two attached hydrogens (primary N) is 1. The van der Waals surface area contributed by atoms with E-state index in [1.165, 1.54) is 44.9 Å². The maximum Gasteiger partial charge on any atom is 0.161 e. The molecule has 0 aromatic carbocycles. The lowest BCUT2D eigenvalue weighted by atomic mass is 9.85. The summed E-state index contributed by atoms with van der Waals surface area (Å²) in [7, 11) is 1.71. The van der Waals surface area contributed by atoms with Crippen molar-refractivity contribution in [2.24, 2.45) is 11.7 Å². The quantitative estimate of drug-likeness (QED) is 0.895. The van der Waals surface area contributed by atoms with E-state index in [0.717, 1.165) is 24.4 Å². The topological polar surface area (TPSA) is 53.1 Å². The molecule has 1 aliphatic rings. The van der Waals surface area contributed by atoms with Gasteiger partial charge in [-0.2, -0.15) is 5.10 Å². The van der Waals surface area contributed by atoms with Crippen molar-refractivity contribution < 1.29 is 4.74 Å². The minimum atomic E-state index is 0.0529. The summed E-state index contributed by atoms with van der Waals surface area (Å²) >= 11 is 0.